The molecule has 3 nitrogen and oxygen atoms in total. The first kappa shape index (κ1) is 13.6. The maximum atomic E-state index is 11.9. The number of halogens is 1. The molecule has 1 saturated heterocycles. The highest BCUT2D eigenvalue weighted by Gasteiger charge is 2.31. The highest BCUT2D eigenvalue weighted by molar-refractivity contribution is 7.99. The summed E-state index contributed by atoms with van der Waals surface area (Å²) in [7, 11) is 1.43. The van der Waals surface area contributed by atoms with Gasteiger partial charge in [-0.2, -0.15) is 11.8 Å². The Morgan fingerprint density at radius 1 is 1.50 bits per heavy atom. The molecule has 0 spiro atoms. The van der Waals surface area contributed by atoms with Crippen LogP contribution in [-0.2, 0) is 9.53 Å². The quantitative estimate of drug-likeness (QED) is 0.863. The van der Waals surface area contributed by atoms with Crippen LogP contribution in [0.3, 0.4) is 0 Å². The van der Waals surface area contributed by atoms with E-state index in [9.17, 15) is 4.79 Å². The van der Waals surface area contributed by atoms with Crippen LogP contribution in [0.5, 0.6) is 0 Å². The molecule has 1 fully saturated rings. The summed E-state index contributed by atoms with van der Waals surface area (Å²) in [6.45, 7) is 0. The molecule has 1 aliphatic rings. The summed E-state index contributed by atoms with van der Waals surface area (Å²) in [6.07, 6.45) is 1.05. The summed E-state index contributed by atoms with van der Waals surface area (Å²) < 4.78 is 4.88. The molecular weight excluding hydrogens is 270 g/mol. The highest BCUT2D eigenvalue weighted by atomic mass is 35.5. The number of carbonyl (C=O) groups excluding carboxylic acids is 1. The average molecular weight is 286 g/mol. The van der Waals surface area contributed by atoms with Crippen LogP contribution in [0.1, 0.15) is 6.42 Å². The zero-order valence-corrected chi connectivity index (χ0v) is 11.8. The van der Waals surface area contributed by atoms with E-state index in [2.05, 4.69) is 5.32 Å². The van der Waals surface area contributed by atoms with Gasteiger partial charge < -0.3 is 10.1 Å². The van der Waals surface area contributed by atoms with Crippen molar-refractivity contribution >= 4 is 35.0 Å². The molecule has 98 valence electrons. The van der Waals surface area contributed by atoms with Gasteiger partial charge in [0.2, 0.25) is 0 Å². The van der Waals surface area contributed by atoms with Crippen molar-refractivity contribution in [2.75, 3.05) is 23.9 Å². The number of anilines is 1. The Morgan fingerprint density at radius 3 is 2.78 bits per heavy atom. The summed E-state index contributed by atoms with van der Waals surface area (Å²) in [5, 5.41) is 3.94. The Bertz CT molecular complexity index is 404. The number of carbonyl (C=O) groups is 1. The van der Waals surface area contributed by atoms with E-state index < -0.39 is 0 Å². The molecule has 0 saturated carbocycles. The third-order valence-corrected chi connectivity index (χ3v) is 4.50. The van der Waals surface area contributed by atoms with E-state index in [1.807, 2.05) is 36.0 Å². The van der Waals surface area contributed by atoms with Crippen LogP contribution in [0, 0.1) is 5.92 Å². The first-order valence-corrected chi connectivity index (χ1v) is 7.41. The fourth-order valence-corrected chi connectivity index (χ4v) is 3.46. The molecular formula is C13H16ClNO2S. The van der Waals surface area contributed by atoms with E-state index in [-0.39, 0.29) is 12.0 Å². The summed E-state index contributed by atoms with van der Waals surface area (Å²) in [4.78, 5) is 11.9. The lowest BCUT2D eigenvalue weighted by Gasteiger charge is -2.22. The van der Waals surface area contributed by atoms with Crippen LogP contribution >= 0.6 is 23.4 Å². The molecule has 1 N–H and O–H groups in total. The molecule has 0 amide bonds. The Hall–Kier alpha value is -0.870. The van der Waals surface area contributed by atoms with Crippen LogP contribution in [0.2, 0.25) is 5.02 Å². The SMILES string of the molecule is COC(=O)C(Nc1ccc(Cl)cc1)C1CCSC1. The third-order valence-electron chi connectivity index (χ3n) is 3.06. The predicted molar refractivity (Wildman–Crippen MR) is 76.3 cm³/mol. The lowest BCUT2D eigenvalue weighted by molar-refractivity contribution is -0.142. The Labute approximate surface area is 116 Å². The second kappa shape index (κ2) is 6.34. The van der Waals surface area contributed by atoms with Gasteiger partial charge in [0.05, 0.1) is 7.11 Å². The summed E-state index contributed by atoms with van der Waals surface area (Å²) >= 11 is 7.72. The van der Waals surface area contributed by atoms with Crippen LogP contribution in [0.25, 0.3) is 0 Å². The Balaban J connectivity index is 2.09. The number of esters is 1. The van der Waals surface area contributed by atoms with E-state index in [1.165, 1.54) is 7.11 Å². The van der Waals surface area contributed by atoms with Crippen molar-refractivity contribution in [2.45, 2.75) is 12.5 Å². The van der Waals surface area contributed by atoms with Crippen molar-refractivity contribution in [3.05, 3.63) is 29.3 Å². The maximum Gasteiger partial charge on any atom is 0.328 e. The standard InChI is InChI=1S/C13H16ClNO2S/c1-17-13(16)12(9-6-7-18-8-9)15-11-4-2-10(14)3-5-11/h2-5,9,12,15H,6-8H2,1H3. The fraction of sp³-hybridized carbons (Fsp3) is 0.462. The van der Waals surface area contributed by atoms with E-state index in [1.54, 1.807) is 0 Å². The molecule has 2 unspecified atom stereocenters. The fourth-order valence-electron chi connectivity index (χ4n) is 2.04. The largest absolute Gasteiger partial charge is 0.467 e. The third kappa shape index (κ3) is 3.33. The normalized spacial score (nSPS) is 20.4. The molecule has 1 heterocycles. The van der Waals surface area contributed by atoms with Crippen molar-refractivity contribution in [1.82, 2.24) is 0 Å². The zero-order chi connectivity index (χ0) is 13.0. The van der Waals surface area contributed by atoms with Gasteiger partial charge in [0.1, 0.15) is 6.04 Å². The van der Waals surface area contributed by atoms with Gasteiger partial charge in [-0.3, -0.25) is 0 Å². The van der Waals surface area contributed by atoms with Gasteiger partial charge in [-0.1, -0.05) is 11.6 Å². The van der Waals surface area contributed by atoms with Crippen molar-refractivity contribution in [1.29, 1.82) is 0 Å². The number of ether oxygens (including phenoxy) is 1. The molecule has 0 aliphatic carbocycles. The second-order valence-electron chi connectivity index (χ2n) is 4.28. The lowest BCUT2D eigenvalue weighted by atomic mass is 9.99. The van der Waals surface area contributed by atoms with Crippen molar-refractivity contribution in [3.63, 3.8) is 0 Å². The molecule has 5 heteroatoms. The topological polar surface area (TPSA) is 38.3 Å². The van der Waals surface area contributed by atoms with Gasteiger partial charge in [0, 0.05) is 10.7 Å². The minimum absolute atomic E-state index is 0.197. The molecule has 0 bridgehead atoms. The highest BCUT2D eigenvalue weighted by Crippen LogP contribution is 2.28. The van der Waals surface area contributed by atoms with Crippen molar-refractivity contribution in [2.24, 2.45) is 5.92 Å². The molecule has 0 aromatic heterocycles. The van der Waals surface area contributed by atoms with E-state index in [0.29, 0.717) is 10.9 Å². The predicted octanol–water partition coefficient (Wildman–Crippen LogP) is 3.05. The van der Waals surface area contributed by atoms with Crippen LogP contribution < -0.4 is 5.32 Å². The van der Waals surface area contributed by atoms with Gasteiger partial charge >= 0.3 is 5.97 Å². The molecule has 1 aliphatic heterocycles. The van der Waals surface area contributed by atoms with Gasteiger partial charge in [0.15, 0.2) is 0 Å². The summed E-state index contributed by atoms with van der Waals surface area (Å²) in [6, 6.07) is 7.09. The van der Waals surface area contributed by atoms with Crippen molar-refractivity contribution in [3.8, 4) is 0 Å². The second-order valence-corrected chi connectivity index (χ2v) is 5.86. The van der Waals surface area contributed by atoms with Gasteiger partial charge in [-0.05, 0) is 48.1 Å². The summed E-state index contributed by atoms with van der Waals surface area (Å²) in [5.74, 6) is 2.25. The number of thioether (sulfide) groups is 1. The minimum atomic E-state index is -0.272. The molecule has 2 atom stereocenters. The number of hydrogen-bond donors (Lipinski definition) is 1. The zero-order valence-electron chi connectivity index (χ0n) is 10.2. The first-order chi connectivity index (χ1) is 8.70. The minimum Gasteiger partial charge on any atom is -0.467 e. The molecule has 0 radical (unpaired) electrons. The van der Waals surface area contributed by atoms with Gasteiger partial charge in [-0.15, -0.1) is 0 Å². The van der Waals surface area contributed by atoms with E-state index in [4.69, 9.17) is 16.3 Å². The number of nitrogens with one attached hydrogen (secondary N) is 1. The monoisotopic (exact) mass is 285 g/mol. The van der Waals surface area contributed by atoms with Gasteiger partial charge in [-0.25, -0.2) is 4.79 Å². The molecule has 1 aromatic carbocycles. The van der Waals surface area contributed by atoms with Gasteiger partial charge in [0.25, 0.3) is 0 Å². The maximum absolute atomic E-state index is 11.9. The van der Waals surface area contributed by atoms with Crippen LogP contribution in [-0.4, -0.2) is 30.6 Å². The number of rotatable bonds is 4. The first-order valence-electron chi connectivity index (χ1n) is 5.88. The van der Waals surface area contributed by atoms with Crippen LogP contribution in [0.15, 0.2) is 24.3 Å². The number of benzene rings is 1. The molecule has 18 heavy (non-hydrogen) atoms. The van der Waals surface area contributed by atoms with E-state index >= 15 is 0 Å². The number of hydrogen-bond acceptors (Lipinski definition) is 4. The van der Waals surface area contributed by atoms with Crippen LogP contribution in [0.4, 0.5) is 5.69 Å². The Morgan fingerprint density at radius 2 is 2.22 bits per heavy atom. The van der Waals surface area contributed by atoms with E-state index in [0.717, 1.165) is 23.6 Å². The molecule has 1 aromatic rings. The smallest absolute Gasteiger partial charge is 0.328 e. The average Bonchev–Trinajstić information content (AvgIpc) is 2.91. The molecule has 2 rings (SSSR count). The number of methoxy groups -OCH3 is 1. The summed E-state index contributed by atoms with van der Waals surface area (Å²) in [5.41, 5.74) is 0.895. The van der Waals surface area contributed by atoms with Crippen molar-refractivity contribution < 1.29 is 9.53 Å². The lowest BCUT2D eigenvalue weighted by Crippen LogP contribution is -2.38. The Kier molecular flexibility index (Phi) is 4.78.